The first kappa shape index (κ1) is 38.1. The lowest BCUT2D eigenvalue weighted by atomic mass is 10.1. The molecule has 0 atom stereocenters. The Kier molecular flexibility index (Phi) is 25.4. The molecule has 1 rings (SSSR count). The number of carbonyl (C=O) groups excluding carboxylic acids is 2. The normalized spacial score (nSPS) is 11.2. The van der Waals surface area contributed by atoms with Gasteiger partial charge < -0.3 is 14.4 Å². The molecule has 5 heteroatoms. The minimum absolute atomic E-state index is 0.0144. The lowest BCUT2D eigenvalue weighted by Gasteiger charge is -2.20. The minimum atomic E-state index is -0.110. The van der Waals surface area contributed by atoms with Crippen LogP contribution in [0.5, 0.6) is 5.75 Å². The smallest absolute Gasteiger partial charge is 0.311 e. The molecular weight excluding hydrogens is 522 g/mol. The first-order valence-electron chi connectivity index (χ1n) is 17.8. The lowest BCUT2D eigenvalue weighted by molar-refractivity contribution is -0.144. The molecule has 0 aliphatic carbocycles. The van der Waals surface area contributed by atoms with E-state index in [4.69, 9.17) is 9.47 Å². The van der Waals surface area contributed by atoms with Gasteiger partial charge in [0, 0.05) is 12.8 Å². The summed E-state index contributed by atoms with van der Waals surface area (Å²) in [5.74, 6) is 0.563. The molecule has 0 radical (unpaired) electrons. The quantitative estimate of drug-likeness (QED) is 0.0530. The average Bonchev–Trinajstić information content (AvgIpc) is 2.99. The Balaban J connectivity index is 1.95. The van der Waals surface area contributed by atoms with Crippen LogP contribution in [-0.4, -0.2) is 43.1 Å². The van der Waals surface area contributed by atoms with E-state index in [2.05, 4.69) is 31.7 Å². The van der Waals surface area contributed by atoms with Crippen LogP contribution in [0.1, 0.15) is 161 Å². The van der Waals surface area contributed by atoms with Crippen LogP contribution in [0.25, 0.3) is 0 Å². The topological polar surface area (TPSA) is 55.8 Å². The number of nitrogens with zero attached hydrogens (tertiary/aromatic N) is 1. The summed E-state index contributed by atoms with van der Waals surface area (Å²) in [5.41, 5.74) is 1.25. The van der Waals surface area contributed by atoms with Gasteiger partial charge in [-0.2, -0.15) is 0 Å². The standard InChI is InChI=1S/C37H65NO4/c1-4-7-9-10-17-23-32-41-36(39)28-19-13-11-15-21-30-38(6-3)31-22-16-12-14-20-29-37(40)42-35-27-24-26-34(33-35)25-18-8-5-2/h24,26-27,33H,4-23,25,28-32H2,1-3H3. The molecule has 1 aromatic rings. The number of esters is 2. The monoisotopic (exact) mass is 587 g/mol. The molecule has 0 heterocycles. The molecule has 0 fully saturated rings. The summed E-state index contributed by atoms with van der Waals surface area (Å²) >= 11 is 0. The number of carbonyl (C=O) groups is 2. The molecule has 0 unspecified atom stereocenters. The molecule has 0 bridgehead atoms. The molecule has 42 heavy (non-hydrogen) atoms. The second-order valence-electron chi connectivity index (χ2n) is 12.0. The minimum Gasteiger partial charge on any atom is -0.466 e. The highest BCUT2D eigenvalue weighted by atomic mass is 16.5. The Morgan fingerprint density at radius 2 is 1.17 bits per heavy atom. The van der Waals surface area contributed by atoms with E-state index in [9.17, 15) is 9.59 Å². The maximum absolute atomic E-state index is 12.2. The summed E-state index contributed by atoms with van der Waals surface area (Å²) in [7, 11) is 0. The van der Waals surface area contributed by atoms with E-state index in [-0.39, 0.29) is 11.9 Å². The van der Waals surface area contributed by atoms with Crippen molar-refractivity contribution in [1.82, 2.24) is 4.90 Å². The van der Waals surface area contributed by atoms with Gasteiger partial charge in [-0.1, -0.05) is 116 Å². The Bertz CT molecular complexity index is 781. The van der Waals surface area contributed by atoms with Crippen LogP contribution in [0.2, 0.25) is 0 Å². The van der Waals surface area contributed by atoms with Crippen molar-refractivity contribution < 1.29 is 19.1 Å². The van der Waals surface area contributed by atoms with Crippen LogP contribution in [0, 0.1) is 0 Å². The molecule has 0 saturated carbocycles. The molecule has 5 nitrogen and oxygen atoms in total. The van der Waals surface area contributed by atoms with Gasteiger partial charge >= 0.3 is 11.9 Å². The van der Waals surface area contributed by atoms with Gasteiger partial charge in [0.05, 0.1) is 6.61 Å². The molecule has 0 amide bonds. The Morgan fingerprint density at radius 1 is 0.619 bits per heavy atom. The summed E-state index contributed by atoms with van der Waals surface area (Å²) in [6.07, 6.45) is 24.5. The molecular formula is C37H65NO4. The maximum atomic E-state index is 12.2. The highest BCUT2D eigenvalue weighted by molar-refractivity contribution is 5.72. The van der Waals surface area contributed by atoms with Crippen molar-refractivity contribution in [3.63, 3.8) is 0 Å². The fourth-order valence-corrected chi connectivity index (χ4v) is 5.36. The van der Waals surface area contributed by atoms with Crippen molar-refractivity contribution in [3.8, 4) is 5.75 Å². The number of rotatable bonds is 29. The number of hydrogen-bond acceptors (Lipinski definition) is 5. The molecule has 0 spiro atoms. The zero-order valence-corrected chi connectivity index (χ0v) is 27.8. The Hall–Kier alpha value is -1.88. The van der Waals surface area contributed by atoms with Gasteiger partial charge in [0.15, 0.2) is 0 Å². The Morgan fingerprint density at radius 3 is 1.81 bits per heavy atom. The van der Waals surface area contributed by atoms with Crippen molar-refractivity contribution in [2.24, 2.45) is 0 Å². The van der Waals surface area contributed by atoms with Gasteiger partial charge in [-0.3, -0.25) is 9.59 Å². The molecule has 0 N–H and O–H groups in total. The van der Waals surface area contributed by atoms with E-state index in [1.807, 2.05) is 18.2 Å². The fourth-order valence-electron chi connectivity index (χ4n) is 5.36. The number of benzene rings is 1. The van der Waals surface area contributed by atoms with Crippen LogP contribution in [0.3, 0.4) is 0 Å². The van der Waals surface area contributed by atoms with Crippen LogP contribution < -0.4 is 4.74 Å². The molecule has 1 aromatic carbocycles. The van der Waals surface area contributed by atoms with Crippen LogP contribution in [-0.2, 0) is 20.7 Å². The highest BCUT2D eigenvalue weighted by Crippen LogP contribution is 2.17. The van der Waals surface area contributed by atoms with E-state index in [1.165, 1.54) is 102 Å². The third kappa shape index (κ3) is 22.7. The first-order valence-corrected chi connectivity index (χ1v) is 17.8. The lowest BCUT2D eigenvalue weighted by Crippen LogP contribution is -2.25. The van der Waals surface area contributed by atoms with Crippen molar-refractivity contribution in [3.05, 3.63) is 29.8 Å². The van der Waals surface area contributed by atoms with Crippen LogP contribution >= 0.6 is 0 Å². The van der Waals surface area contributed by atoms with E-state index < -0.39 is 0 Å². The Labute approximate surface area is 259 Å². The molecule has 0 aliphatic heterocycles. The van der Waals surface area contributed by atoms with Gasteiger partial charge in [-0.05, 0) is 82.3 Å². The third-order valence-corrected chi connectivity index (χ3v) is 8.12. The summed E-state index contributed by atoms with van der Waals surface area (Å²) < 4.78 is 11.0. The van der Waals surface area contributed by atoms with Gasteiger partial charge in [0.1, 0.15) is 5.75 Å². The summed E-state index contributed by atoms with van der Waals surface area (Å²) in [5, 5.41) is 0. The second kappa shape index (κ2) is 27.9. The largest absolute Gasteiger partial charge is 0.466 e. The number of aryl methyl sites for hydroxylation is 1. The SMILES string of the molecule is CCCCCCCCOC(=O)CCCCCCCN(CC)CCCCCCCC(=O)Oc1cccc(CCCCC)c1. The summed E-state index contributed by atoms with van der Waals surface area (Å²) in [4.78, 5) is 26.7. The predicted octanol–water partition coefficient (Wildman–Crippen LogP) is 10.2. The van der Waals surface area contributed by atoms with E-state index in [0.29, 0.717) is 25.2 Å². The van der Waals surface area contributed by atoms with Crippen molar-refractivity contribution in [2.75, 3.05) is 26.2 Å². The van der Waals surface area contributed by atoms with Crippen LogP contribution in [0.4, 0.5) is 0 Å². The van der Waals surface area contributed by atoms with E-state index >= 15 is 0 Å². The van der Waals surface area contributed by atoms with Gasteiger partial charge in [0.2, 0.25) is 0 Å². The number of ether oxygens (including phenoxy) is 2. The second-order valence-corrected chi connectivity index (χ2v) is 12.0. The van der Waals surface area contributed by atoms with Gasteiger partial charge in [0.25, 0.3) is 0 Å². The summed E-state index contributed by atoms with van der Waals surface area (Å²) in [6.45, 7) is 10.7. The molecule has 0 saturated heterocycles. The van der Waals surface area contributed by atoms with Crippen molar-refractivity contribution in [2.45, 2.75) is 162 Å². The number of unbranched alkanes of at least 4 members (excludes halogenated alkanes) is 15. The highest BCUT2D eigenvalue weighted by Gasteiger charge is 2.07. The van der Waals surface area contributed by atoms with Crippen molar-refractivity contribution in [1.29, 1.82) is 0 Å². The molecule has 0 aromatic heterocycles. The average molecular weight is 588 g/mol. The molecule has 242 valence electrons. The summed E-state index contributed by atoms with van der Waals surface area (Å²) in [6, 6.07) is 8.01. The first-order chi connectivity index (χ1) is 20.6. The zero-order chi connectivity index (χ0) is 30.5. The van der Waals surface area contributed by atoms with E-state index in [0.717, 1.165) is 51.6 Å². The van der Waals surface area contributed by atoms with Crippen molar-refractivity contribution >= 4 is 11.9 Å². The van der Waals surface area contributed by atoms with Gasteiger partial charge in [-0.15, -0.1) is 0 Å². The fraction of sp³-hybridized carbons (Fsp3) is 0.784. The predicted molar refractivity (Wildman–Crippen MR) is 177 cm³/mol. The third-order valence-electron chi connectivity index (χ3n) is 8.12. The van der Waals surface area contributed by atoms with E-state index in [1.54, 1.807) is 0 Å². The van der Waals surface area contributed by atoms with Crippen LogP contribution in [0.15, 0.2) is 24.3 Å². The molecule has 0 aliphatic rings. The maximum Gasteiger partial charge on any atom is 0.311 e. The van der Waals surface area contributed by atoms with Gasteiger partial charge in [-0.25, -0.2) is 0 Å². The zero-order valence-electron chi connectivity index (χ0n) is 27.8. The number of hydrogen-bond donors (Lipinski definition) is 0.